The number of hydrogen-bond acceptors (Lipinski definition) is 2. The summed E-state index contributed by atoms with van der Waals surface area (Å²) in [6.45, 7) is 7.55. The lowest BCUT2D eigenvalue weighted by atomic mass is 10.1. The van der Waals surface area contributed by atoms with Crippen molar-refractivity contribution in [2.75, 3.05) is 13.7 Å². The molecule has 0 saturated carbocycles. The number of aliphatic imine (C=N–C) groups is 1. The molecule has 0 N–H and O–H groups in total. The molecule has 0 unspecified atom stereocenters. The molecule has 0 aliphatic heterocycles. The Hall–Kier alpha value is -0.153. The Bertz CT molecular complexity index is 146. The molecule has 76 valence electrons. The van der Waals surface area contributed by atoms with Crippen LogP contribution in [-0.4, -0.2) is 29.1 Å². The summed E-state index contributed by atoms with van der Waals surface area (Å²) < 4.78 is 4.99. The van der Waals surface area contributed by atoms with E-state index in [1.165, 1.54) is 5.71 Å². The van der Waals surface area contributed by atoms with Crippen LogP contribution in [0.15, 0.2) is 4.99 Å². The van der Waals surface area contributed by atoms with Gasteiger partial charge in [-0.3, -0.25) is 4.99 Å². The molecule has 0 aromatic carbocycles. The summed E-state index contributed by atoms with van der Waals surface area (Å²) in [5, 5.41) is 0. The van der Waals surface area contributed by atoms with Crippen LogP contribution < -0.4 is 0 Å². The molecule has 0 fully saturated rings. The van der Waals surface area contributed by atoms with Crippen molar-refractivity contribution in [1.82, 2.24) is 0 Å². The highest BCUT2D eigenvalue weighted by Gasteiger charge is 1.96. The normalized spacial score (nSPS) is 12.5. The zero-order valence-corrected chi connectivity index (χ0v) is 10.3. The molecule has 0 heterocycles. The fourth-order valence-electron chi connectivity index (χ4n) is 1.18. The Morgan fingerprint density at radius 2 is 2.15 bits per heavy atom. The maximum atomic E-state index is 4.99. The topological polar surface area (TPSA) is 21.6 Å². The van der Waals surface area contributed by atoms with Crippen LogP contribution in [0.25, 0.3) is 0 Å². The van der Waals surface area contributed by atoms with Crippen molar-refractivity contribution < 1.29 is 4.43 Å². The monoisotopic (exact) mass is 199 g/mol. The van der Waals surface area contributed by atoms with Crippen molar-refractivity contribution in [3.8, 4) is 0 Å². The summed E-state index contributed by atoms with van der Waals surface area (Å²) in [5.74, 6) is 0.726. The van der Waals surface area contributed by atoms with Crippen molar-refractivity contribution in [1.29, 1.82) is 0 Å². The van der Waals surface area contributed by atoms with Crippen molar-refractivity contribution in [3.05, 3.63) is 0 Å². The van der Waals surface area contributed by atoms with E-state index in [0.29, 0.717) is 9.76 Å². The van der Waals surface area contributed by atoms with Crippen molar-refractivity contribution in [3.63, 3.8) is 0 Å². The quantitative estimate of drug-likeness (QED) is 0.351. The number of nitrogens with zero attached hydrogens (tertiary/aromatic N) is 1. The predicted molar refractivity (Wildman–Crippen MR) is 59.6 cm³/mol. The first-order valence-electron chi connectivity index (χ1n) is 4.92. The Morgan fingerprint density at radius 3 is 2.69 bits per heavy atom. The van der Waals surface area contributed by atoms with Gasteiger partial charge in [0, 0.05) is 19.4 Å². The minimum absolute atomic E-state index is 0.645. The lowest BCUT2D eigenvalue weighted by molar-refractivity contribution is 0.440. The van der Waals surface area contributed by atoms with Crippen LogP contribution in [-0.2, 0) is 4.43 Å². The molecule has 0 bridgehead atoms. The summed E-state index contributed by atoms with van der Waals surface area (Å²) in [7, 11) is 2.40. The van der Waals surface area contributed by atoms with Gasteiger partial charge in [0.25, 0.3) is 0 Å². The van der Waals surface area contributed by atoms with E-state index in [1.807, 2.05) is 0 Å². The Labute approximate surface area is 84.7 Å². The van der Waals surface area contributed by atoms with Gasteiger partial charge in [0.05, 0.1) is 0 Å². The lowest BCUT2D eigenvalue weighted by Gasteiger charge is -2.03. The lowest BCUT2D eigenvalue weighted by Crippen LogP contribution is -2.00. The van der Waals surface area contributed by atoms with Crippen LogP contribution in [0.2, 0.25) is 6.04 Å². The maximum absolute atomic E-state index is 4.99. The first-order valence-corrected chi connectivity index (χ1v) is 6.04. The minimum atomic E-state index is 0.645. The van der Waals surface area contributed by atoms with Crippen molar-refractivity contribution in [2.45, 2.75) is 39.7 Å². The van der Waals surface area contributed by atoms with Crippen LogP contribution in [0.1, 0.15) is 33.6 Å². The van der Waals surface area contributed by atoms with Gasteiger partial charge in [-0.25, -0.2) is 0 Å². The molecule has 2 nitrogen and oxygen atoms in total. The fraction of sp³-hybridized carbons (Fsp3) is 0.900. The zero-order chi connectivity index (χ0) is 10.1. The van der Waals surface area contributed by atoms with Crippen LogP contribution in [0, 0.1) is 5.92 Å². The molecule has 0 atom stereocenters. The van der Waals surface area contributed by atoms with Gasteiger partial charge in [0.1, 0.15) is 0 Å². The van der Waals surface area contributed by atoms with Gasteiger partial charge in [0.15, 0.2) is 0 Å². The smallest absolute Gasteiger partial charge is 0.229 e. The first-order chi connectivity index (χ1) is 6.16. The van der Waals surface area contributed by atoms with Gasteiger partial charge in [-0.1, -0.05) is 13.8 Å². The van der Waals surface area contributed by atoms with Gasteiger partial charge in [0.2, 0.25) is 9.76 Å². The third-order valence-corrected chi connectivity index (χ3v) is 2.51. The Kier molecular flexibility index (Phi) is 8.35. The third-order valence-electron chi connectivity index (χ3n) is 1.67. The summed E-state index contributed by atoms with van der Waals surface area (Å²) >= 11 is 0. The molecular formula is C10H21NOSi. The molecule has 0 spiro atoms. The molecule has 0 aromatic rings. The highest BCUT2D eigenvalue weighted by atomic mass is 28.2. The van der Waals surface area contributed by atoms with Crippen LogP contribution in [0.5, 0.6) is 0 Å². The van der Waals surface area contributed by atoms with Gasteiger partial charge < -0.3 is 4.43 Å². The van der Waals surface area contributed by atoms with Crippen LogP contribution in [0.3, 0.4) is 0 Å². The Morgan fingerprint density at radius 1 is 1.46 bits per heavy atom. The van der Waals surface area contributed by atoms with Crippen LogP contribution >= 0.6 is 0 Å². The van der Waals surface area contributed by atoms with E-state index < -0.39 is 0 Å². The Balaban J connectivity index is 3.36. The van der Waals surface area contributed by atoms with Crippen LogP contribution in [0.4, 0.5) is 0 Å². The number of hydrogen-bond donors (Lipinski definition) is 0. The van der Waals surface area contributed by atoms with E-state index in [4.69, 9.17) is 4.43 Å². The maximum Gasteiger partial charge on any atom is 0.229 e. The van der Waals surface area contributed by atoms with Gasteiger partial charge in [-0.05, 0) is 31.7 Å². The van der Waals surface area contributed by atoms with E-state index in [2.05, 4.69) is 25.8 Å². The molecule has 0 aliphatic carbocycles. The average molecular weight is 199 g/mol. The standard InChI is InChI=1S/C10H21NOSi/c1-9(2)8-10(3)11-6-5-7-13-12-4/h9H,5-8H2,1-4H3. The molecule has 13 heavy (non-hydrogen) atoms. The van der Waals surface area contributed by atoms with E-state index in [9.17, 15) is 0 Å². The van der Waals surface area contributed by atoms with E-state index >= 15 is 0 Å². The van der Waals surface area contributed by atoms with Crippen molar-refractivity contribution >= 4 is 15.5 Å². The summed E-state index contributed by atoms with van der Waals surface area (Å²) in [4.78, 5) is 4.50. The molecule has 0 rings (SSSR count). The largest absolute Gasteiger partial charge is 0.421 e. The average Bonchev–Trinajstić information content (AvgIpc) is 2.02. The second kappa shape index (κ2) is 8.45. The third kappa shape index (κ3) is 9.76. The number of rotatable bonds is 7. The molecule has 0 saturated heterocycles. The molecule has 3 heteroatoms. The molecule has 0 aliphatic rings. The van der Waals surface area contributed by atoms with E-state index in [1.54, 1.807) is 7.11 Å². The molecular weight excluding hydrogens is 178 g/mol. The SMILES string of the molecule is CO[Si]CCCN=C(C)CC(C)C. The van der Waals surface area contributed by atoms with Gasteiger partial charge in [-0.2, -0.15) is 0 Å². The first kappa shape index (κ1) is 12.8. The van der Waals surface area contributed by atoms with Gasteiger partial charge >= 0.3 is 0 Å². The summed E-state index contributed by atoms with van der Waals surface area (Å²) in [5.41, 5.74) is 1.29. The predicted octanol–water partition coefficient (Wildman–Crippen LogP) is 2.57. The highest BCUT2D eigenvalue weighted by Crippen LogP contribution is 2.01. The summed E-state index contributed by atoms with van der Waals surface area (Å²) in [6, 6.07) is 1.15. The zero-order valence-electron chi connectivity index (χ0n) is 9.26. The molecule has 0 aromatic heterocycles. The minimum Gasteiger partial charge on any atom is -0.421 e. The van der Waals surface area contributed by atoms with Gasteiger partial charge in [-0.15, -0.1) is 0 Å². The highest BCUT2D eigenvalue weighted by molar-refractivity contribution is 6.26. The van der Waals surface area contributed by atoms with Crippen molar-refractivity contribution in [2.24, 2.45) is 10.9 Å². The second-order valence-corrected chi connectivity index (χ2v) is 4.86. The molecule has 2 radical (unpaired) electrons. The second-order valence-electron chi connectivity index (χ2n) is 3.67. The van der Waals surface area contributed by atoms with E-state index in [0.717, 1.165) is 31.3 Å². The van der Waals surface area contributed by atoms with E-state index in [-0.39, 0.29) is 0 Å². The molecule has 0 amide bonds. The fourth-order valence-corrected chi connectivity index (χ4v) is 1.69. The summed E-state index contributed by atoms with van der Waals surface area (Å²) in [6.07, 6.45) is 2.29.